The maximum Gasteiger partial charge on any atom is 1.00 e. The molecule has 0 bridgehead atoms. The van der Waals surface area contributed by atoms with Crippen molar-refractivity contribution in [3.63, 3.8) is 0 Å². The predicted molar refractivity (Wildman–Crippen MR) is 131 cm³/mol. The average molecular weight is 683 g/mol. The summed E-state index contributed by atoms with van der Waals surface area (Å²) < 4.78 is 105. The smallest absolute Gasteiger partial charge is 0.744 e. The van der Waals surface area contributed by atoms with Gasteiger partial charge in [-0.05, 0) is 31.2 Å². The second-order valence-electron chi connectivity index (χ2n) is 7.68. The van der Waals surface area contributed by atoms with Crippen molar-refractivity contribution in [1.29, 1.82) is 0 Å². The molecule has 0 radical (unpaired) electrons. The van der Waals surface area contributed by atoms with Gasteiger partial charge in [-0.25, -0.2) is 25.3 Å². The molecular weight excluding hydrogens is 663 g/mol. The molecule has 0 saturated carbocycles. The zero-order valence-corrected chi connectivity index (χ0v) is 31.1. The van der Waals surface area contributed by atoms with Crippen molar-refractivity contribution in [2.24, 2.45) is 15.3 Å². The first-order valence-electron chi connectivity index (χ1n) is 10.5. The third kappa shape index (κ3) is 10.2. The third-order valence-electron chi connectivity index (χ3n) is 5.13. The molecule has 1 aliphatic rings. The first-order valence-corrected chi connectivity index (χ1v) is 14.9. The molecule has 2 aromatic rings. The van der Waals surface area contributed by atoms with Crippen LogP contribution in [0.3, 0.4) is 0 Å². The van der Waals surface area contributed by atoms with Gasteiger partial charge in [0.25, 0.3) is 5.91 Å². The van der Waals surface area contributed by atoms with Gasteiger partial charge in [0.1, 0.15) is 32.2 Å². The number of anilines is 1. The molecule has 0 aromatic heterocycles. The van der Waals surface area contributed by atoms with E-state index in [9.17, 15) is 39.2 Å². The van der Waals surface area contributed by atoms with Crippen LogP contribution in [0.1, 0.15) is 6.92 Å². The van der Waals surface area contributed by atoms with Crippen molar-refractivity contribution < 1.29 is 156 Å². The van der Waals surface area contributed by atoms with Crippen LogP contribution in [0.25, 0.3) is 0 Å². The number of carbonyl (C=O) groups is 1. The summed E-state index contributed by atoms with van der Waals surface area (Å²) in [5.41, 5.74) is 0.366. The number of azo groups is 1. The first-order chi connectivity index (χ1) is 18.1. The van der Waals surface area contributed by atoms with Crippen LogP contribution in [0.2, 0.25) is 0 Å². The Bertz CT molecular complexity index is 1660. The minimum absolute atomic E-state index is 0. The van der Waals surface area contributed by atoms with Gasteiger partial charge in [0.15, 0.2) is 15.9 Å². The molecule has 2 aromatic carbocycles. The van der Waals surface area contributed by atoms with Crippen molar-refractivity contribution in [3.8, 4) is 11.5 Å². The summed E-state index contributed by atoms with van der Waals surface area (Å²) in [5.74, 6) is -1.82. The Hall–Kier alpha value is -0.217. The van der Waals surface area contributed by atoms with Gasteiger partial charge in [-0.3, -0.25) is 8.98 Å². The van der Waals surface area contributed by atoms with E-state index in [1.54, 1.807) is 0 Å². The quantitative estimate of drug-likeness (QED) is 0.0936. The summed E-state index contributed by atoms with van der Waals surface area (Å²) >= 11 is 0. The molecule has 41 heavy (non-hydrogen) atoms. The summed E-state index contributed by atoms with van der Waals surface area (Å²) in [4.78, 5) is 12.0. The van der Waals surface area contributed by atoms with Crippen LogP contribution >= 0.6 is 0 Å². The van der Waals surface area contributed by atoms with Gasteiger partial charge in [0, 0.05) is 12.1 Å². The van der Waals surface area contributed by atoms with Crippen LogP contribution in [0, 0.1) is 0 Å². The van der Waals surface area contributed by atoms with Gasteiger partial charge in [-0.15, -0.1) is 0 Å². The molecule has 0 N–H and O–H groups in total. The van der Waals surface area contributed by atoms with E-state index in [2.05, 4.69) is 19.5 Å². The fourth-order valence-electron chi connectivity index (χ4n) is 3.28. The van der Waals surface area contributed by atoms with E-state index in [4.69, 9.17) is 9.47 Å². The number of benzene rings is 2. The molecule has 1 aliphatic heterocycles. The van der Waals surface area contributed by atoms with Gasteiger partial charge in [-0.1, -0.05) is 0 Å². The second-order valence-corrected chi connectivity index (χ2v) is 12.2. The number of amides is 1. The minimum Gasteiger partial charge on any atom is -0.744 e. The number of ether oxygens (including phenoxy) is 2. The molecule has 1 atom stereocenters. The van der Waals surface area contributed by atoms with Crippen LogP contribution in [0.15, 0.2) is 61.5 Å². The Morgan fingerprint density at radius 3 is 2.05 bits per heavy atom. The predicted octanol–water partition coefficient (Wildman–Crippen LogP) is -5.26. The SMILES string of the molecule is COc1cc(S(=O)(=O)CCOS(=O)(=O)[O-])c(OC)cc1/N=N/C1C(=O)N(c2ccc(S(=O)(=O)[O-])cc2)N=C1C.[K+].[K+]. The van der Waals surface area contributed by atoms with Crippen molar-refractivity contribution >= 4 is 53.3 Å². The number of nitrogens with zero attached hydrogens (tertiary/aromatic N) is 4. The van der Waals surface area contributed by atoms with Gasteiger partial charge in [-0.2, -0.15) is 20.3 Å². The summed E-state index contributed by atoms with van der Waals surface area (Å²) in [7, 11) is -11.6. The molecule has 21 heteroatoms. The van der Waals surface area contributed by atoms with E-state index in [1.807, 2.05) is 0 Å². The van der Waals surface area contributed by atoms with Crippen LogP contribution in [0.5, 0.6) is 11.5 Å². The fraction of sp³-hybridized carbons (Fsp3) is 0.300. The zero-order valence-electron chi connectivity index (χ0n) is 22.4. The van der Waals surface area contributed by atoms with Crippen LogP contribution in [0.4, 0.5) is 11.4 Å². The average Bonchev–Trinajstić information content (AvgIpc) is 3.13. The monoisotopic (exact) mass is 682 g/mol. The van der Waals surface area contributed by atoms with Crippen LogP contribution in [-0.2, 0) is 39.3 Å². The largest absolute Gasteiger partial charge is 1.00 e. The van der Waals surface area contributed by atoms with Gasteiger partial charge >= 0.3 is 103 Å². The number of hydrogen-bond donors (Lipinski definition) is 0. The Labute approximate surface area is 321 Å². The van der Waals surface area contributed by atoms with E-state index >= 15 is 0 Å². The van der Waals surface area contributed by atoms with Crippen molar-refractivity contribution in [1.82, 2.24) is 0 Å². The maximum absolute atomic E-state index is 12.9. The molecular formula is C20H20K2N4O12S3. The standard InChI is InChI=1S/C20H22N4O12S3.2K/c1-12-19(20(25)24(23-12)13-4-6-14(7-5-13)38(28,29)30)22-21-15-10-17(35-3)18(11-16(15)34-2)37(26,27)9-8-36-39(31,32)33;;/h4-7,10-11,19H,8-9H2,1-3H3,(H,28,29,30)(H,31,32,33);;/q;2*+1/p-2/b22-21+;;. The molecule has 0 saturated heterocycles. The normalized spacial score (nSPS) is 15.7. The van der Waals surface area contributed by atoms with Gasteiger partial charge in [0.2, 0.25) is 10.4 Å². The zero-order chi connectivity index (χ0) is 29.2. The molecule has 3 rings (SSSR count). The Morgan fingerprint density at radius 1 is 0.951 bits per heavy atom. The molecule has 1 unspecified atom stereocenters. The Balaban J connectivity index is 0.00000420. The van der Waals surface area contributed by atoms with E-state index < -0.39 is 64.5 Å². The molecule has 212 valence electrons. The van der Waals surface area contributed by atoms with Crippen molar-refractivity contribution in [2.45, 2.75) is 22.8 Å². The van der Waals surface area contributed by atoms with Gasteiger partial charge < -0.3 is 18.6 Å². The number of carbonyl (C=O) groups excluding carboxylic acids is 1. The van der Waals surface area contributed by atoms with Crippen molar-refractivity contribution in [3.05, 3.63) is 36.4 Å². The Morgan fingerprint density at radius 2 is 1.54 bits per heavy atom. The number of hydrogen-bond acceptors (Lipinski definition) is 15. The second kappa shape index (κ2) is 15.7. The summed E-state index contributed by atoms with van der Waals surface area (Å²) in [6.45, 7) is 0.575. The van der Waals surface area contributed by atoms with E-state index in [-0.39, 0.29) is 131 Å². The molecule has 0 fully saturated rings. The number of sulfone groups is 1. The summed E-state index contributed by atoms with van der Waals surface area (Å²) in [5, 5.41) is 13.0. The number of methoxy groups -OCH3 is 2. The Kier molecular flexibility index (Phi) is 14.8. The number of rotatable bonds is 11. The molecule has 1 amide bonds. The van der Waals surface area contributed by atoms with E-state index in [1.165, 1.54) is 33.3 Å². The van der Waals surface area contributed by atoms with Gasteiger partial charge in [0.05, 0.1) is 42.9 Å². The summed E-state index contributed by atoms with van der Waals surface area (Å²) in [6.07, 6.45) is 0. The minimum atomic E-state index is -5.09. The topological polar surface area (TPSA) is 234 Å². The molecule has 1 heterocycles. The molecule has 0 aliphatic carbocycles. The van der Waals surface area contributed by atoms with Crippen molar-refractivity contribution in [2.75, 3.05) is 31.6 Å². The maximum atomic E-state index is 12.9. The summed E-state index contributed by atoms with van der Waals surface area (Å²) in [6, 6.07) is 5.52. The molecule has 16 nitrogen and oxygen atoms in total. The third-order valence-corrected chi connectivity index (χ3v) is 8.13. The van der Waals surface area contributed by atoms with E-state index in [0.29, 0.717) is 0 Å². The van der Waals surface area contributed by atoms with Crippen LogP contribution in [-0.4, -0.2) is 78.6 Å². The first kappa shape index (κ1) is 38.8. The van der Waals surface area contributed by atoms with E-state index in [0.717, 1.165) is 29.3 Å². The number of hydrazone groups is 1. The molecule has 0 spiro atoms. The van der Waals surface area contributed by atoms with Crippen LogP contribution < -0.4 is 117 Å². The fourth-order valence-corrected chi connectivity index (χ4v) is 5.40.